The van der Waals surface area contributed by atoms with Crippen LogP contribution in [0, 0.1) is 11.7 Å². The lowest BCUT2D eigenvalue weighted by atomic mass is 9.90. The van der Waals surface area contributed by atoms with Gasteiger partial charge in [-0.05, 0) is 63.1 Å². The number of rotatable bonds is 4. The maximum Gasteiger partial charge on any atom is 0.410 e. The second kappa shape index (κ2) is 7.72. The van der Waals surface area contributed by atoms with Crippen molar-refractivity contribution in [1.82, 2.24) is 19.4 Å². The highest BCUT2D eigenvalue weighted by Crippen LogP contribution is 2.40. The highest BCUT2D eigenvalue weighted by Gasteiger charge is 2.44. The molecule has 1 aromatic carbocycles. The van der Waals surface area contributed by atoms with E-state index in [-0.39, 0.29) is 23.6 Å². The summed E-state index contributed by atoms with van der Waals surface area (Å²) in [5.41, 5.74) is 1.17. The predicted octanol–water partition coefficient (Wildman–Crippen LogP) is 3.12. The number of halogens is 1. The second-order valence-corrected chi connectivity index (χ2v) is 8.99. The Morgan fingerprint density at radius 3 is 2.70 bits per heavy atom. The number of nitrogens with zero attached hydrogens (tertiary/aromatic N) is 3. The van der Waals surface area contributed by atoms with Gasteiger partial charge in [0, 0.05) is 31.7 Å². The number of piperidine rings is 1. The number of fused-ring (bicyclic) bond motifs is 3. The monoisotopic (exact) mass is 416 g/mol. The molecular formula is C22H29FN4O3. The van der Waals surface area contributed by atoms with Crippen LogP contribution in [0.15, 0.2) is 23.0 Å². The van der Waals surface area contributed by atoms with Crippen molar-refractivity contribution in [2.24, 2.45) is 5.92 Å². The summed E-state index contributed by atoms with van der Waals surface area (Å²) in [7, 11) is 0. The highest BCUT2D eigenvalue weighted by atomic mass is 19.1. The van der Waals surface area contributed by atoms with Gasteiger partial charge in [-0.1, -0.05) is 0 Å². The number of likely N-dealkylation sites (tertiary alicyclic amines) is 1. The van der Waals surface area contributed by atoms with E-state index < -0.39 is 0 Å². The zero-order chi connectivity index (χ0) is 20.8. The van der Waals surface area contributed by atoms with Crippen LogP contribution in [0.3, 0.4) is 0 Å². The number of carbonyl (C=O) groups is 1. The molecule has 0 aliphatic carbocycles. The lowest BCUT2D eigenvalue weighted by Crippen LogP contribution is -2.48. The number of H-pyrrole nitrogens is 1. The first-order valence-electron chi connectivity index (χ1n) is 11.1. The van der Waals surface area contributed by atoms with Gasteiger partial charge in [-0.2, -0.15) is 0 Å². The van der Waals surface area contributed by atoms with E-state index in [9.17, 15) is 14.0 Å². The number of hydrogen-bond donors (Lipinski definition) is 1. The molecule has 3 saturated heterocycles. The smallest absolute Gasteiger partial charge is 0.410 e. The third-order valence-corrected chi connectivity index (χ3v) is 7.12. The number of nitrogens with one attached hydrogen (secondary N) is 1. The number of amides is 1. The second-order valence-electron chi connectivity index (χ2n) is 8.99. The van der Waals surface area contributed by atoms with E-state index in [1.54, 1.807) is 10.6 Å². The third-order valence-electron chi connectivity index (χ3n) is 7.12. The maximum atomic E-state index is 13.5. The van der Waals surface area contributed by atoms with Crippen LogP contribution < -0.4 is 5.69 Å². The van der Waals surface area contributed by atoms with E-state index in [1.807, 2.05) is 11.8 Å². The summed E-state index contributed by atoms with van der Waals surface area (Å²) < 4.78 is 20.5. The van der Waals surface area contributed by atoms with E-state index in [0.717, 1.165) is 57.3 Å². The molecule has 5 rings (SSSR count). The number of ether oxygens (including phenoxy) is 1. The third kappa shape index (κ3) is 3.41. The Morgan fingerprint density at radius 1 is 1.20 bits per heavy atom. The molecule has 3 aliphatic rings. The molecule has 3 aliphatic heterocycles. The molecule has 1 unspecified atom stereocenters. The molecule has 4 atom stereocenters. The molecule has 2 aromatic rings. The quantitative estimate of drug-likeness (QED) is 0.832. The van der Waals surface area contributed by atoms with Gasteiger partial charge in [0.25, 0.3) is 0 Å². The van der Waals surface area contributed by atoms with Gasteiger partial charge >= 0.3 is 11.8 Å². The van der Waals surface area contributed by atoms with Crippen LogP contribution in [0.2, 0.25) is 0 Å². The fourth-order valence-electron chi connectivity index (χ4n) is 5.95. The Balaban J connectivity index is 1.24. The molecule has 1 aromatic heterocycles. The SMILES string of the molecule is CCOC(=O)N1[C@@H]2CC[C@H]1CC(CN1CC[C@H](n3c(=O)[nH]c4cc(F)ccc43)C1)C2. The van der Waals surface area contributed by atoms with Crippen LogP contribution in [-0.4, -0.2) is 63.8 Å². The highest BCUT2D eigenvalue weighted by molar-refractivity contribution is 5.75. The van der Waals surface area contributed by atoms with E-state index in [1.165, 1.54) is 12.1 Å². The molecule has 0 spiro atoms. The van der Waals surface area contributed by atoms with Crippen LogP contribution in [-0.2, 0) is 4.74 Å². The van der Waals surface area contributed by atoms with Gasteiger partial charge in [-0.15, -0.1) is 0 Å². The van der Waals surface area contributed by atoms with Gasteiger partial charge in [0.1, 0.15) is 5.82 Å². The van der Waals surface area contributed by atoms with E-state index in [2.05, 4.69) is 9.88 Å². The van der Waals surface area contributed by atoms with Crippen LogP contribution in [0.5, 0.6) is 0 Å². The minimum absolute atomic E-state index is 0.105. The first-order valence-corrected chi connectivity index (χ1v) is 11.1. The normalized spacial score (nSPS) is 29.1. The van der Waals surface area contributed by atoms with Gasteiger partial charge in [0.15, 0.2) is 0 Å². The molecule has 162 valence electrons. The van der Waals surface area contributed by atoms with Crippen molar-refractivity contribution >= 4 is 17.1 Å². The number of aromatic nitrogens is 2. The molecule has 30 heavy (non-hydrogen) atoms. The molecule has 8 heteroatoms. The van der Waals surface area contributed by atoms with Gasteiger partial charge < -0.3 is 19.5 Å². The Morgan fingerprint density at radius 2 is 1.97 bits per heavy atom. The number of imidazole rings is 1. The molecule has 0 saturated carbocycles. The molecular weight excluding hydrogens is 387 g/mol. The van der Waals surface area contributed by atoms with Gasteiger partial charge in [0.2, 0.25) is 0 Å². The van der Waals surface area contributed by atoms with Crippen LogP contribution >= 0.6 is 0 Å². The molecule has 1 amide bonds. The van der Waals surface area contributed by atoms with Crippen LogP contribution in [0.4, 0.5) is 9.18 Å². The van der Waals surface area contributed by atoms with Crippen molar-refractivity contribution in [3.05, 3.63) is 34.5 Å². The average molecular weight is 416 g/mol. The first-order chi connectivity index (χ1) is 14.5. The summed E-state index contributed by atoms with van der Waals surface area (Å²) in [5, 5.41) is 0. The van der Waals surface area contributed by atoms with Gasteiger partial charge in [-0.25, -0.2) is 14.0 Å². The van der Waals surface area contributed by atoms with Crippen LogP contribution in [0.1, 0.15) is 45.1 Å². The molecule has 0 radical (unpaired) electrons. The van der Waals surface area contributed by atoms with Crippen molar-refractivity contribution in [3.8, 4) is 0 Å². The number of benzene rings is 1. The average Bonchev–Trinajstić information content (AvgIpc) is 3.35. The summed E-state index contributed by atoms with van der Waals surface area (Å²) in [4.78, 5) is 32.0. The van der Waals surface area contributed by atoms with Gasteiger partial charge in [0.05, 0.1) is 23.7 Å². The van der Waals surface area contributed by atoms with Gasteiger partial charge in [-0.3, -0.25) is 4.57 Å². The molecule has 3 fully saturated rings. The Kier molecular flexibility index (Phi) is 5.05. The fraction of sp³-hybridized carbons (Fsp3) is 0.636. The topological polar surface area (TPSA) is 70.6 Å². The molecule has 7 nitrogen and oxygen atoms in total. The fourth-order valence-corrected chi connectivity index (χ4v) is 5.95. The van der Waals surface area contributed by atoms with E-state index >= 15 is 0 Å². The van der Waals surface area contributed by atoms with Crippen molar-refractivity contribution in [2.75, 3.05) is 26.2 Å². The van der Waals surface area contributed by atoms with Crippen molar-refractivity contribution < 1.29 is 13.9 Å². The number of carbonyl (C=O) groups excluding carboxylic acids is 1. The number of aromatic amines is 1. The predicted molar refractivity (Wildman–Crippen MR) is 111 cm³/mol. The maximum absolute atomic E-state index is 13.5. The van der Waals surface area contributed by atoms with Crippen LogP contribution in [0.25, 0.3) is 11.0 Å². The standard InChI is InChI=1S/C22H29FN4O3/c1-2-30-22(29)26-16-4-5-17(26)10-14(9-16)12-25-8-7-18(13-25)27-20-6-3-15(23)11-19(20)24-21(27)28/h3,6,11,14,16-18H,2,4-5,7-10,12-13H2,1H3,(H,24,28)/t14?,16-,17+,18-/m0/s1. The van der Waals surface area contributed by atoms with E-state index in [0.29, 0.717) is 30.1 Å². The zero-order valence-electron chi connectivity index (χ0n) is 17.3. The molecule has 2 bridgehead atoms. The first kappa shape index (κ1) is 19.6. The summed E-state index contributed by atoms with van der Waals surface area (Å²) >= 11 is 0. The minimum atomic E-state index is -0.340. The Bertz CT molecular complexity index is 988. The molecule has 4 heterocycles. The van der Waals surface area contributed by atoms with Crippen molar-refractivity contribution in [3.63, 3.8) is 0 Å². The lowest BCUT2D eigenvalue weighted by Gasteiger charge is -2.39. The summed E-state index contributed by atoms with van der Waals surface area (Å²) in [6, 6.07) is 5.19. The van der Waals surface area contributed by atoms with Crippen molar-refractivity contribution in [1.29, 1.82) is 0 Å². The Hall–Kier alpha value is -2.35. The lowest BCUT2D eigenvalue weighted by molar-refractivity contribution is 0.0546. The summed E-state index contributed by atoms with van der Waals surface area (Å²) in [6.07, 6.45) is 4.97. The number of hydrogen-bond acceptors (Lipinski definition) is 4. The summed E-state index contributed by atoms with van der Waals surface area (Å²) in [5.74, 6) is 0.230. The summed E-state index contributed by atoms with van der Waals surface area (Å²) in [6.45, 7) is 5.07. The van der Waals surface area contributed by atoms with Crippen molar-refractivity contribution in [2.45, 2.75) is 57.2 Å². The zero-order valence-corrected chi connectivity index (χ0v) is 17.3. The largest absolute Gasteiger partial charge is 0.450 e. The molecule has 1 N–H and O–H groups in total. The van der Waals surface area contributed by atoms with E-state index in [4.69, 9.17) is 4.74 Å². The Labute approximate surface area is 174 Å². The minimum Gasteiger partial charge on any atom is -0.450 e.